The Morgan fingerprint density at radius 2 is 1.97 bits per heavy atom. The van der Waals surface area contributed by atoms with Crippen LogP contribution in [-0.4, -0.2) is 24.3 Å². The number of rotatable bonds is 4. The van der Waals surface area contributed by atoms with Crippen molar-refractivity contribution >= 4 is 23.3 Å². The van der Waals surface area contributed by atoms with Gasteiger partial charge >= 0.3 is 5.97 Å². The summed E-state index contributed by atoms with van der Waals surface area (Å²) in [7, 11) is 0. The summed E-state index contributed by atoms with van der Waals surface area (Å²) in [6, 6.07) is 7.03. The Morgan fingerprint density at radius 1 is 1.23 bits per heavy atom. The molecule has 1 aromatic carbocycles. The van der Waals surface area contributed by atoms with E-state index in [-0.39, 0.29) is 41.3 Å². The summed E-state index contributed by atoms with van der Waals surface area (Å²) in [6.45, 7) is 6.09. The van der Waals surface area contributed by atoms with Crippen LogP contribution in [0, 0.1) is 5.41 Å². The number of nitrogens with two attached hydrogens (primary N) is 1. The summed E-state index contributed by atoms with van der Waals surface area (Å²) in [6.07, 6.45) is 2.20. The first-order chi connectivity index (χ1) is 14.2. The van der Waals surface area contributed by atoms with E-state index in [1.165, 1.54) is 0 Å². The van der Waals surface area contributed by atoms with Crippen molar-refractivity contribution in [1.29, 1.82) is 0 Å². The molecule has 7 heteroatoms. The van der Waals surface area contributed by atoms with Gasteiger partial charge < -0.3 is 20.5 Å². The van der Waals surface area contributed by atoms with Crippen LogP contribution in [0.4, 0.5) is 5.69 Å². The number of amides is 1. The van der Waals surface area contributed by atoms with Crippen LogP contribution in [0.25, 0.3) is 0 Å². The lowest BCUT2D eigenvalue weighted by Crippen LogP contribution is -2.50. The number of benzene rings is 1. The van der Waals surface area contributed by atoms with Crippen LogP contribution in [0.3, 0.4) is 0 Å². The maximum atomic E-state index is 13.5. The Labute approximate surface area is 175 Å². The fourth-order valence-electron chi connectivity index (χ4n) is 4.65. The lowest BCUT2D eigenvalue weighted by Gasteiger charge is -2.41. The van der Waals surface area contributed by atoms with Crippen molar-refractivity contribution in [3.05, 3.63) is 52.6 Å². The summed E-state index contributed by atoms with van der Waals surface area (Å²) in [5.74, 6) is -1.28. The van der Waals surface area contributed by atoms with Gasteiger partial charge in [0.15, 0.2) is 5.78 Å². The molecule has 0 radical (unpaired) electrons. The highest BCUT2D eigenvalue weighted by atomic mass is 16.5. The fourth-order valence-corrected chi connectivity index (χ4v) is 4.65. The molecule has 3 N–H and O–H groups in total. The first-order valence-corrected chi connectivity index (χ1v) is 10.3. The highest BCUT2D eigenvalue weighted by molar-refractivity contribution is 6.22. The van der Waals surface area contributed by atoms with E-state index < -0.39 is 17.3 Å². The number of fused-ring (bicyclic) bond motifs is 3. The molecule has 0 saturated carbocycles. The minimum Gasteiger partial charge on any atom is -0.462 e. The zero-order chi connectivity index (χ0) is 21.7. The normalized spacial score (nSPS) is 24.4. The number of ether oxygens (including phenoxy) is 2. The maximum Gasteiger partial charge on any atom is 0.341 e. The van der Waals surface area contributed by atoms with E-state index in [9.17, 15) is 14.4 Å². The van der Waals surface area contributed by atoms with E-state index in [1.54, 1.807) is 24.3 Å². The van der Waals surface area contributed by atoms with Gasteiger partial charge in [0.1, 0.15) is 16.7 Å². The Bertz CT molecular complexity index is 1020. The van der Waals surface area contributed by atoms with Crippen molar-refractivity contribution in [2.45, 2.75) is 51.9 Å². The monoisotopic (exact) mass is 410 g/mol. The molecule has 1 amide bonds. The van der Waals surface area contributed by atoms with E-state index in [2.05, 4.69) is 5.32 Å². The number of Topliss-reactive ketones (excluding diaryl/α,β-unsaturated/α-hetero) is 1. The number of ketones is 1. The number of allylic oxidation sites excluding steroid dienone is 1. The van der Waals surface area contributed by atoms with Gasteiger partial charge in [-0.25, -0.2) is 4.79 Å². The molecule has 30 heavy (non-hydrogen) atoms. The van der Waals surface area contributed by atoms with Gasteiger partial charge in [0, 0.05) is 24.1 Å². The van der Waals surface area contributed by atoms with Crippen LogP contribution in [0.1, 0.15) is 52.0 Å². The second-order valence-electron chi connectivity index (χ2n) is 8.82. The first kappa shape index (κ1) is 20.2. The molecule has 0 saturated heterocycles. The second-order valence-corrected chi connectivity index (χ2v) is 8.82. The number of esters is 1. The van der Waals surface area contributed by atoms with Gasteiger partial charge in [-0.05, 0) is 17.9 Å². The van der Waals surface area contributed by atoms with E-state index in [0.29, 0.717) is 29.9 Å². The third-order valence-electron chi connectivity index (χ3n) is 5.92. The first-order valence-electron chi connectivity index (χ1n) is 10.3. The van der Waals surface area contributed by atoms with E-state index in [0.717, 1.165) is 6.42 Å². The van der Waals surface area contributed by atoms with Crippen LogP contribution in [0.5, 0.6) is 0 Å². The molecule has 0 fully saturated rings. The molecule has 3 aliphatic rings. The molecule has 1 atom stereocenters. The van der Waals surface area contributed by atoms with Gasteiger partial charge in [0.05, 0.1) is 12.2 Å². The maximum absolute atomic E-state index is 13.5. The van der Waals surface area contributed by atoms with Crippen molar-refractivity contribution in [3.8, 4) is 0 Å². The number of para-hydroxylation sites is 1. The Balaban J connectivity index is 1.96. The highest BCUT2D eigenvalue weighted by Gasteiger charge is 2.62. The van der Waals surface area contributed by atoms with Crippen LogP contribution in [0.15, 0.2) is 47.1 Å². The third-order valence-corrected chi connectivity index (χ3v) is 5.92. The van der Waals surface area contributed by atoms with Gasteiger partial charge in [-0.2, -0.15) is 0 Å². The summed E-state index contributed by atoms with van der Waals surface area (Å²) in [5.41, 5.74) is 5.36. The minimum atomic E-state index is -1.66. The van der Waals surface area contributed by atoms with E-state index in [1.807, 2.05) is 20.8 Å². The number of carbonyl (C=O) groups is 3. The molecule has 0 aromatic heterocycles. The molecule has 2 heterocycles. The standard InChI is InChI=1S/C23H26N2O5/c1-4-5-10-29-20(27)18-19(24)30-16-12-22(2,3)11-15(26)17(16)23(18)13-8-6-7-9-14(13)25-21(23)28/h6-9H,4-5,10-12,24H2,1-3H3,(H,25,28)/t23-/m1/s1. The van der Waals surface area contributed by atoms with Gasteiger partial charge in [0.2, 0.25) is 11.8 Å². The minimum absolute atomic E-state index is 0.118. The summed E-state index contributed by atoms with van der Waals surface area (Å²) < 4.78 is 11.2. The van der Waals surface area contributed by atoms with Crippen molar-refractivity contribution < 1.29 is 23.9 Å². The molecule has 7 nitrogen and oxygen atoms in total. The number of nitrogens with one attached hydrogen (secondary N) is 1. The predicted molar refractivity (Wildman–Crippen MR) is 110 cm³/mol. The molecule has 1 aromatic rings. The number of hydrogen-bond donors (Lipinski definition) is 2. The molecule has 0 bridgehead atoms. The zero-order valence-corrected chi connectivity index (χ0v) is 17.5. The molecule has 158 valence electrons. The molecular weight excluding hydrogens is 384 g/mol. The van der Waals surface area contributed by atoms with Crippen molar-refractivity contribution in [2.75, 3.05) is 11.9 Å². The van der Waals surface area contributed by atoms with E-state index in [4.69, 9.17) is 15.2 Å². The SMILES string of the molecule is CCCCOC(=O)C1=C(N)OC2=C(C(=O)CC(C)(C)C2)[C@@]12C(=O)Nc1ccccc12. The Kier molecular flexibility index (Phi) is 4.71. The zero-order valence-electron chi connectivity index (χ0n) is 17.5. The van der Waals surface area contributed by atoms with Crippen LogP contribution < -0.4 is 11.1 Å². The highest BCUT2D eigenvalue weighted by Crippen LogP contribution is 2.56. The number of unbranched alkanes of at least 4 members (excludes halogenated alkanes) is 1. The van der Waals surface area contributed by atoms with Crippen molar-refractivity contribution in [3.63, 3.8) is 0 Å². The molecule has 1 aliphatic carbocycles. The van der Waals surface area contributed by atoms with Crippen LogP contribution in [-0.2, 0) is 29.3 Å². The third kappa shape index (κ3) is 2.83. The molecule has 4 rings (SSSR count). The molecule has 0 unspecified atom stereocenters. The molecule has 1 spiro atoms. The second kappa shape index (κ2) is 7.00. The van der Waals surface area contributed by atoms with Gasteiger partial charge in [0.25, 0.3) is 0 Å². The van der Waals surface area contributed by atoms with Crippen LogP contribution >= 0.6 is 0 Å². The number of anilines is 1. The fraction of sp³-hybridized carbons (Fsp3) is 0.435. The van der Waals surface area contributed by atoms with Crippen molar-refractivity contribution in [2.24, 2.45) is 11.1 Å². The Hall–Kier alpha value is -3.09. The quantitative estimate of drug-likeness (QED) is 0.583. The topological polar surface area (TPSA) is 108 Å². The molecular formula is C23H26N2O5. The number of hydrogen-bond acceptors (Lipinski definition) is 6. The average Bonchev–Trinajstić information content (AvgIpc) is 2.93. The summed E-state index contributed by atoms with van der Waals surface area (Å²) in [4.78, 5) is 40.0. The smallest absolute Gasteiger partial charge is 0.341 e. The number of carbonyl (C=O) groups excluding carboxylic acids is 3. The van der Waals surface area contributed by atoms with Crippen LogP contribution in [0.2, 0.25) is 0 Å². The van der Waals surface area contributed by atoms with Gasteiger partial charge in [-0.15, -0.1) is 0 Å². The predicted octanol–water partition coefficient (Wildman–Crippen LogP) is 3.06. The molecule has 2 aliphatic heterocycles. The largest absolute Gasteiger partial charge is 0.462 e. The van der Waals surface area contributed by atoms with Gasteiger partial charge in [-0.1, -0.05) is 45.4 Å². The lowest BCUT2D eigenvalue weighted by molar-refractivity contribution is -0.141. The van der Waals surface area contributed by atoms with E-state index >= 15 is 0 Å². The van der Waals surface area contributed by atoms with Crippen molar-refractivity contribution in [1.82, 2.24) is 0 Å². The van der Waals surface area contributed by atoms with Gasteiger partial charge in [-0.3, -0.25) is 9.59 Å². The Morgan fingerprint density at radius 3 is 2.70 bits per heavy atom. The summed E-state index contributed by atoms with van der Waals surface area (Å²) in [5, 5.41) is 2.83. The summed E-state index contributed by atoms with van der Waals surface area (Å²) >= 11 is 0. The average molecular weight is 410 g/mol. The lowest BCUT2D eigenvalue weighted by atomic mass is 9.62.